The number of ether oxygens (including phenoxy) is 1. The van der Waals surface area contributed by atoms with Crippen molar-refractivity contribution in [3.63, 3.8) is 0 Å². The minimum atomic E-state index is -0.161. The van der Waals surface area contributed by atoms with Gasteiger partial charge in [0, 0.05) is 3.57 Å². The normalized spacial score (nSPS) is 18.1. The van der Waals surface area contributed by atoms with Crippen LogP contribution in [0.25, 0.3) is 0 Å². The van der Waals surface area contributed by atoms with Crippen molar-refractivity contribution in [2.75, 3.05) is 0 Å². The van der Waals surface area contributed by atoms with Crippen LogP contribution in [0.1, 0.15) is 28.4 Å². The van der Waals surface area contributed by atoms with Crippen molar-refractivity contribution in [2.45, 2.75) is 12.5 Å². The molecule has 3 heteroatoms. The zero-order valence-electron chi connectivity index (χ0n) is 9.60. The Morgan fingerprint density at radius 1 is 1.11 bits per heavy atom. The van der Waals surface area contributed by atoms with Crippen LogP contribution in [0.2, 0.25) is 0 Å². The molecule has 3 rings (SSSR count). The van der Waals surface area contributed by atoms with Crippen molar-refractivity contribution in [3.8, 4) is 5.75 Å². The largest absolute Gasteiger partial charge is 0.484 e. The first-order chi connectivity index (χ1) is 8.74. The lowest BCUT2D eigenvalue weighted by molar-refractivity contribution is 0.0850. The van der Waals surface area contributed by atoms with Gasteiger partial charge < -0.3 is 4.74 Å². The van der Waals surface area contributed by atoms with Crippen LogP contribution in [-0.4, -0.2) is 5.78 Å². The maximum absolute atomic E-state index is 12.1. The fourth-order valence-corrected chi connectivity index (χ4v) is 2.64. The summed E-state index contributed by atoms with van der Waals surface area (Å²) in [5, 5.41) is 0. The second kappa shape index (κ2) is 4.72. The summed E-state index contributed by atoms with van der Waals surface area (Å²) in [4.78, 5) is 12.1. The first kappa shape index (κ1) is 11.7. The van der Waals surface area contributed by atoms with E-state index in [-0.39, 0.29) is 11.9 Å². The van der Waals surface area contributed by atoms with E-state index in [2.05, 4.69) is 22.6 Å². The Hall–Kier alpha value is -1.36. The Morgan fingerprint density at radius 3 is 2.67 bits per heavy atom. The molecule has 1 atom stereocenters. The van der Waals surface area contributed by atoms with E-state index in [1.807, 2.05) is 48.5 Å². The highest BCUT2D eigenvalue weighted by Gasteiger charge is 2.27. The van der Waals surface area contributed by atoms with Crippen LogP contribution in [0.4, 0.5) is 0 Å². The molecular weight excluding hydrogens is 339 g/mol. The number of carbonyl (C=O) groups excluding carboxylic acids is 1. The molecule has 2 nitrogen and oxygen atoms in total. The van der Waals surface area contributed by atoms with Gasteiger partial charge in [-0.25, -0.2) is 0 Å². The molecule has 0 amide bonds. The molecule has 1 heterocycles. The van der Waals surface area contributed by atoms with Gasteiger partial charge in [0.15, 0.2) is 5.78 Å². The number of benzene rings is 2. The summed E-state index contributed by atoms with van der Waals surface area (Å²) >= 11 is 2.20. The fourth-order valence-electron chi connectivity index (χ4n) is 2.15. The third-order valence-corrected chi connectivity index (χ3v) is 3.72. The highest BCUT2D eigenvalue weighted by Crippen LogP contribution is 2.35. The lowest BCUT2D eigenvalue weighted by Crippen LogP contribution is -2.20. The number of ketones is 1. The summed E-state index contributed by atoms with van der Waals surface area (Å²) in [5.41, 5.74) is 1.75. The monoisotopic (exact) mass is 350 g/mol. The number of rotatable bonds is 1. The highest BCUT2D eigenvalue weighted by molar-refractivity contribution is 14.1. The van der Waals surface area contributed by atoms with Crippen LogP contribution in [0.5, 0.6) is 5.75 Å². The molecule has 1 aliphatic rings. The molecule has 0 aliphatic carbocycles. The van der Waals surface area contributed by atoms with Gasteiger partial charge in [-0.2, -0.15) is 0 Å². The van der Waals surface area contributed by atoms with Crippen molar-refractivity contribution in [3.05, 3.63) is 63.2 Å². The highest BCUT2D eigenvalue weighted by atomic mass is 127. The third-order valence-electron chi connectivity index (χ3n) is 3.05. The molecule has 0 saturated heterocycles. The number of halogens is 1. The number of carbonyl (C=O) groups is 1. The summed E-state index contributed by atoms with van der Waals surface area (Å²) in [7, 11) is 0. The first-order valence-electron chi connectivity index (χ1n) is 5.78. The summed E-state index contributed by atoms with van der Waals surface area (Å²) in [6, 6.07) is 15.6. The predicted molar refractivity (Wildman–Crippen MR) is 77.9 cm³/mol. The van der Waals surface area contributed by atoms with Crippen molar-refractivity contribution in [1.82, 2.24) is 0 Å². The van der Waals surface area contributed by atoms with Gasteiger partial charge in [0.25, 0.3) is 0 Å². The summed E-state index contributed by atoms with van der Waals surface area (Å²) in [6.07, 6.45) is 0.253. The molecule has 18 heavy (non-hydrogen) atoms. The molecule has 1 aliphatic heterocycles. The van der Waals surface area contributed by atoms with E-state index >= 15 is 0 Å². The van der Waals surface area contributed by atoms with E-state index in [4.69, 9.17) is 4.74 Å². The van der Waals surface area contributed by atoms with Gasteiger partial charge in [-0.3, -0.25) is 4.79 Å². The van der Waals surface area contributed by atoms with Crippen LogP contribution in [0.3, 0.4) is 0 Å². The van der Waals surface area contributed by atoms with E-state index in [1.54, 1.807) is 0 Å². The van der Waals surface area contributed by atoms with Crippen molar-refractivity contribution < 1.29 is 9.53 Å². The molecule has 90 valence electrons. The molecule has 0 spiro atoms. The van der Waals surface area contributed by atoms with Gasteiger partial charge in [-0.1, -0.05) is 30.3 Å². The van der Waals surface area contributed by atoms with Gasteiger partial charge in [0.2, 0.25) is 0 Å². The molecule has 2 aromatic rings. The van der Waals surface area contributed by atoms with Gasteiger partial charge in [0.05, 0.1) is 12.0 Å². The quantitative estimate of drug-likeness (QED) is 0.727. The molecule has 0 N–H and O–H groups in total. The summed E-state index contributed by atoms with van der Waals surface area (Å²) < 4.78 is 6.98. The molecule has 0 saturated carbocycles. The van der Waals surface area contributed by atoms with Crippen LogP contribution >= 0.6 is 22.6 Å². The molecule has 0 aromatic heterocycles. The maximum atomic E-state index is 12.1. The van der Waals surface area contributed by atoms with E-state index in [9.17, 15) is 4.79 Å². The van der Waals surface area contributed by atoms with Gasteiger partial charge in [-0.05, 0) is 46.4 Å². The molecule has 0 radical (unpaired) electrons. The molecular formula is C15H11IO2. The number of Topliss-reactive ketones (excluding diaryl/α,β-unsaturated/α-hetero) is 1. The molecule has 0 bridgehead atoms. The summed E-state index contributed by atoms with van der Waals surface area (Å²) in [5.74, 6) is 0.851. The minimum Gasteiger partial charge on any atom is -0.484 e. The van der Waals surface area contributed by atoms with Crippen molar-refractivity contribution in [1.29, 1.82) is 0 Å². The maximum Gasteiger partial charge on any atom is 0.170 e. The lowest BCUT2D eigenvalue weighted by Gasteiger charge is -2.25. The zero-order chi connectivity index (χ0) is 12.5. The number of hydrogen-bond acceptors (Lipinski definition) is 2. The van der Waals surface area contributed by atoms with E-state index in [0.717, 1.165) is 9.13 Å². The Kier molecular flexibility index (Phi) is 3.07. The predicted octanol–water partition coefficient (Wildman–Crippen LogP) is 4.00. The van der Waals surface area contributed by atoms with Crippen molar-refractivity contribution >= 4 is 28.4 Å². The molecule has 0 fully saturated rings. The van der Waals surface area contributed by atoms with E-state index in [1.165, 1.54) is 0 Å². The molecule has 2 aromatic carbocycles. The van der Waals surface area contributed by atoms with E-state index in [0.29, 0.717) is 17.7 Å². The van der Waals surface area contributed by atoms with Crippen molar-refractivity contribution in [2.24, 2.45) is 0 Å². The first-order valence-corrected chi connectivity index (χ1v) is 6.86. The number of fused-ring (bicyclic) bond motifs is 1. The smallest absolute Gasteiger partial charge is 0.170 e. The topological polar surface area (TPSA) is 26.3 Å². The average Bonchev–Trinajstić information content (AvgIpc) is 2.40. The van der Waals surface area contributed by atoms with Crippen LogP contribution < -0.4 is 4.74 Å². The van der Waals surface area contributed by atoms with Gasteiger partial charge in [0.1, 0.15) is 11.9 Å². The lowest BCUT2D eigenvalue weighted by atomic mass is 9.96. The Balaban J connectivity index is 1.97. The van der Waals surface area contributed by atoms with Crippen LogP contribution in [-0.2, 0) is 0 Å². The van der Waals surface area contributed by atoms with E-state index < -0.39 is 0 Å². The fraction of sp³-hybridized carbons (Fsp3) is 0.133. The second-order valence-corrected chi connectivity index (χ2v) is 5.53. The number of hydrogen-bond donors (Lipinski definition) is 0. The Labute approximate surface area is 119 Å². The minimum absolute atomic E-state index is 0.156. The zero-order valence-corrected chi connectivity index (χ0v) is 11.8. The standard InChI is InChI=1S/C15H11IO2/c16-11-6-7-14-12(8-11)13(17)9-15(18-14)10-4-2-1-3-5-10/h1-8,15H,9H2/t15-/m0/s1. The van der Waals surface area contributed by atoms with Gasteiger partial charge >= 0.3 is 0 Å². The van der Waals surface area contributed by atoms with Gasteiger partial charge in [-0.15, -0.1) is 0 Å². The third kappa shape index (κ3) is 2.14. The van der Waals surface area contributed by atoms with Crippen LogP contribution in [0.15, 0.2) is 48.5 Å². The summed E-state index contributed by atoms with van der Waals surface area (Å²) in [6.45, 7) is 0. The second-order valence-electron chi connectivity index (χ2n) is 4.28. The SMILES string of the molecule is O=C1C[C@@H](c2ccccc2)Oc2ccc(I)cc21. The molecule has 0 unspecified atom stereocenters. The Bertz CT molecular complexity index is 593. The van der Waals surface area contributed by atoms with Crippen LogP contribution in [0, 0.1) is 3.57 Å². The Morgan fingerprint density at radius 2 is 1.89 bits per heavy atom. The average molecular weight is 350 g/mol.